The van der Waals surface area contributed by atoms with Gasteiger partial charge < -0.3 is 24.9 Å². The molecule has 8 nitrogen and oxygen atoms in total. The van der Waals surface area contributed by atoms with Gasteiger partial charge in [-0.3, -0.25) is 14.4 Å². The molecule has 3 heterocycles. The fourth-order valence-corrected chi connectivity index (χ4v) is 4.10. The molecule has 1 atom stereocenters. The van der Waals surface area contributed by atoms with Crippen molar-refractivity contribution >= 4 is 23.4 Å². The van der Waals surface area contributed by atoms with Gasteiger partial charge in [-0.25, -0.2) is 0 Å². The molecule has 2 aromatic heterocycles. The zero-order valence-corrected chi connectivity index (χ0v) is 16.3. The Hall–Kier alpha value is -3.03. The van der Waals surface area contributed by atoms with E-state index in [9.17, 15) is 14.4 Å². The van der Waals surface area contributed by atoms with Gasteiger partial charge in [0, 0.05) is 25.1 Å². The van der Waals surface area contributed by atoms with E-state index in [1.54, 1.807) is 35.2 Å². The van der Waals surface area contributed by atoms with E-state index in [1.807, 2.05) is 0 Å². The topological polar surface area (TPSA) is 105 Å². The number of nitrogens with zero attached hydrogens (tertiary/aromatic N) is 1. The lowest BCUT2D eigenvalue weighted by atomic mass is 9.88. The van der Waals surface area contributed by atoms with E-state index < -0.39 is 0 Å². The largest absolute Gasteiger partial charge is 0.467 e. The Kier molecular flexibility index (Phi) is 5.69. The Morgan fingerprint density at radius 2 is 2.07 bits per heavy atom. The smallest absolute Gasteiger partial charge is 0.268 e. The van der Waals surface area contributed by atoms with Crippen molar-refractivity contribution < 1.29 is 18.8 Å². The Morgan fingerprint density at radius 1 is 1.24 bits per heavy atom. The predicted molar refractivity (Wildman–Crippen MR) is 106 cm³/mol. The summed E-state index contributed by atoms with van der Waals surface area (Å²) in [7, 11) is 0. The summed E-state index contributed by atoms with van der Waals surface area (Å²) in [5.74, 6) is 0.411. The fraction of sp³-hybridized carbons (Fsp3) is 0.476. The van der Waals surface area contributed by atoms with Gasteiger partial charge in [-0.1, -0.05) is 19.3 Å². The number of anilines is 1. The van der Waals surface area contributed by atoms with Crippen LogP contribution in [0.3, 0.4) is 0 Å². The van der Waals surface area contributed by atoms with Crippen molar-refractivity contribution in [1.82, 2.24) is 15.2 Å². The molecule has 0 aromatic carbocycles. The predicted octanol–water partition coefficient (Wildman–Crippen LogP) is 2.59. The minimum atomic E-state index is -0.209. The number of fused-ring (bicyclic) bond motifs is 1. The van der Waals surface area contributed by atoms with Gasteiger partial charge >= 0.3 is 0 Å². The summed E-state index contributed by atoms with van der Waals surface area (Å²) in [6.07, 6.45) is 8.74. The molecule has 2 aliphatic rings. The lowest BCUT2D eigenvalue weighted by Crippen LogP contribution is -2.40. The van der Waals surface area contributed by atoms with Crippen LogP contribution in [0.4, 0.5) is 5.69 Å². The second-order valence-corrected chi connectivity index (χ2v) is 7.77. The summed E-state index contributed by atoms with van der Waals surface area (Å²) < 4.78 is 7.01. The fourth-order valence-electron chi connectivity index (χ4n) is 4.10. The molecule has 1 aliphatic heterocycles. The quantitative estimate of drug-likeness (QED) is 0.695. The summed E-state index contributed by atoms with van der Waals surface area (Å²) in [5.41, 5.74) is 1.06. The Balaban J connectivity index is 1.40. The normalized spacial score (nSPS) is 19.3. The number of nitrogens with one attached hydrogen (secondary N) is 3. The highest BCUT2D eigenvalue weighted by atomic mass is 16.3. The number of carbonyl (C=O) groups excluding carboxylic acids is 3. The Labute approximate surface area is 169 Å². The van der Waals surface area contributed by atoms with E-state index >= 15 is 0 Å². The molecule has 1 fully saturated rings. The maximum absolute atomic E-state index is 12.5. The van der Waals surface area contributed by atoms with Crippen LogP contribution in [-0.4, -0.2) is 28.8 Å². The molecule has 29 heavy (non-hydrogen) atoms. The first-order chi connectivity index (χ1) is 14.1. The van der Waals surface area contributed by atoms with Gasteiger partial charge in [0.15, 0.2) is 0 Å². The van der Waals surface area contributed by atoms with Gasteiger partial charge in [-0.2, -0.15) is 0 Å². The molecule has 3 N–H and O–H groups in total. The van der Waals surface area contributed by atoms with Gasteiger partial charge in [-0.15, -0.1) is 0 Å². The third kappa shape index (κ3) is 4.52. The Bertz CT molecular complexity index is 881. The Morgan fingerprint density at radius 3 is 2.83 bits per heavy atom. The van der Waals surface area contributed by atoms with Crippen molar-refractivity contribution in [3.8, 4) is 0 Å². The van der Waals surface area contributed by atoms with E-state index in [1.165, 1.54) is 6.42 Å². The number of furan rings is 1. The zero-order chi connectivity index (χ0) is 20.2. The molecule has 4 rings (SSSR count). The molecular weight excluding hydrogens is 372 g/mol. The number of amides is 3. The van der Waals surface area contributed by atoms with Gasteiger partial charge in [-0.05, 0) is 31.0 Å². The molecule has 0 bridgehead atoms. The van der Waals surface area contributed by atoms with E-state index in [0.29, 0.717) is 30.2 Å². The SMILES string of the molecule is O=C(CC1CNC(=O)c2cc(NC(=O)C3CCCCC3)cn21)NCc1ccco1. The molecule has 1 aliphatic carbocycles. The number of hydrogen-bond donors (Lipinski definition) is 3. The number of rotatable bonds is 6. The van der Waals surface area contributed by atoms with Crippen LogP contribution < -0.4 is 16.0 Å². The summed E-state index contributed by atoms with van der Waals surface area (Å²) >= 11 is 0. The number of aromatic nitrogens is 1. The molecule has 2 aromatic rings. The van der Waals surface area contributed by atoms with Crippen LogP contribution in [0.5, 0.6) is 0 Å². The zero-order valence-electron chi connectivity index (χ0n) is 16.3. The summed E-state index contributed by atoms with van der Waals surface area (Å²) in [5, 5.41) is 8.60. The van der Waals surface area contributed by atoms with Crippen LogP contribution in [0, 0.1) is 5.92 Å². The van der Waals surface area contributed by atoms with Gasteiger partial charge in [0.25, 0.3) is 5.91 Å². The third-order valence-corrected chi connectivity index (χ3v) is 5.68. The van der Waals surface area contributed by atoms with Crippen LogP contribution >= 0.6 is 0 Å². The lowest BCUT2D eigenvalue weighted by molar-refractivity contribution is -0.122. The molecule has 3 amide bonds. The van der Waals surface area contributed by atoms with E-state index in [0.717, 1.165) is 25.7 Å². The van der Waals surface area contributed by atoms with Crippen molar-refractivity contribution in [2.24, 2.45) is 5.92 Å². The van der Waals surface area contributed by atoms with Crippen LogP contribution in [0.1, 0.15) is 60.8 Å². The van der Waals surface area contributed by atoms with Crippen molar-refractivity contribution in [3.63, 3.8) is 0 Å². The maximum Gasteiger partial charge on any atom is 0.268 e. The first-order valence-electron chi connectivity index (χ1n) is 10.2. The van der Waals surface area contributed by atoms with E-state index in [4.69, 9.17) is 4.42 Å². The molecule has 8 heteroatoms. The standard InChI is InChI=1S/C21H26N4O4/c26-19(22-12-17-7-4-8-29-17)10-16-11-23-21(28)18-9-15(13-25(16)18)24-20(27)14-5-2-1-3-6-14/h4,7-9,13-14,16H,1-3,5-6,10-12H2,(H,22,26)(H,23,28)(H,24,27). The van der Waals surface area contributed by atoms with Crippen molar-refractivity contribution in [1.29, 1.82) is 0 Å². The first kappa shape index (κ1) is 19.3. The molecule has 0 spiro atoms. The maximum atomic E-state index is 12.5. The summed E-state index contributed by atoms with van der Waals surface area (Å²) in [6.45, 7) is 0.691. The van der Waals surface area contributed by atoms with Crippen LogP contribution in [0.25, 0.3) is 0 Å². The van der Waals surface area contributed by atoms with Crippen molar-refractivity contribution in [2.75, 3.05) is 11.9 Å². The third-order valence-electron chi connectivity index (χ3n) is 5.68. The van der Waals surface area contributed by atoms with Crippen LogP contribution in [0.15, 0.2) is 35.1 Å². The molecule has 1 saturated carbocycles. The summed E-state index contributed by atoms with van der Waals surface area (Å²) in [6, 6.07) is 5.04. The molecule has 0 saturated heterocycles. The highest BCUT2D eigenvalue weighted by Crippen LogP contribution is 2.27. The molecule has 154 valence electrons. The van der Waals surface area contributed by atoms with Crippen LogP contribution in [-0.2, 0) is 16.1 Å². The van der Waals surface area contributed by atoms with Crippen molar-refractivity contribution in [3.05, 3.63) is 42.1 Å². The molecular formula is C21H26N4O4. The van der Waals surface area contributed by atoms with Gasteiger partial charge in [0.2, 0.25) is 11.8 Å². The van der Waals surface area contributed by atoms with Gasteiger partial charge in [0.1, 0.15) is 11.5 Å². The van der Waals surface area contributed by atoms with Gasteiger partial charge in [0.05, 0.1) is 24.5 Å². The highest BCUT2D eigenvalue weighted by molar-refractivity contribution is 5.98. The average Bonchev–Trinajstić information content (AvgIpc) is 3.39. The minimum Gasteiger partial charge on any atom is -0.467 e. The number of hydrogen-bond acceptors (Lipinski definition) is 4. The number of carbonyl (C=O) groups is 3. The van der Waals surface area contributed by atoms with Crippen molar-refractivity contribution in [2.45, 2.75) is 51.1 Å². The molecule has 1 unspecified atom stereocenters. The second-order valence-electron chi connectivity index (χ2n) is 7.77. The lowest BCUT2D eigenvalue weighted by Gasteiger charge is -2.25. The van der Waals surface area contributed by atoms with E-state index in [-0.39, 0.29) is 36.1 Å². The highest BCUT2D eigenvalue weighted by Gasteiger charge is 2.28. The van der Waals surface area contributed by atoms with Crippen LogP contribution in [0.2, 0.25) is 0 Å². The second kappa shape index (κ2) is 8.55. The molecule has 0 radical (unpaired) electrons. The van der Waals surface area contributed by atoms with E-state index in [2.05, 4.69) is 16.0 Å². The first-order valence-corrected chi connectivity index (χ1v) is 10.2. The average molecular weight is 398 g/mol. The minimum absolute atomic E-state index is 0.0146. The summed E-state index contributed by atoms with van der Waals surface area (Å²) in [4.78, 5) is 37.1. The monoisotopic (exact) mass is 398 g/mol.